The summed E-state index contributed by atoms with van der Waals surface area (Å²) in [7, 11) is 1.84. The summed E-state index contributed by atoms with van der Waals surface area (Å²) in [6, 6.07) is 0. The Morgan fingerprint density at radius 1 is 1.22 bits per heavy atom. The Balaban J connectivity index is 1.98. The first-order valence-corrected chi connectivity index (χ1v) is 7.36. The molecular weight excluding hydrogens is 226 g/mol. The maximum atomic E-state index is 12.6. The Hall–Kier alpha value is -0.570. The quantitative estimate of drug-likeness (QED) is 0.817. The third-order valence-electron chi connectivity index (χ3n) is 4.60. The summed E-state index contributed by atoms with van der Waals surface area (Å²) >= 11 is 0. The first kappa shape index (κ1) is 13.9. The van der Waals surface area contributed by atoms with Gasteiger partial charge in [-0.15, -0.1) is 0 Å². The molecule has 18 heavy (non-hydrogen) atoms. The lowest BCUT2D eigenvalue weighted by Gasteiger charge is -2.43. The van der Waals surface area contributed by atoms with Crippen LogP contribution in [0, 0.1) is 17.8 Å². The molecule has 0 radical (unpaired) electrons. The number of amides is 1. The average Bonchev–Trinajstić information content (AvgIpc) is 2.06. The summed E-state index contributed by atoms with van der Waals surface area (Å²) in [6.07, 6.45) is 7.48. The Bertz CT molecular complexity index is 286. The van der Waals surface area contributed by atoms with Crippen LogP contribution in [0.4, 0.5) is 0 Å². The summed E-state index contributed by atoms with van der Waals surface area (Å²) in [5, 5.41) is 9.84. The van der Waals surface area contributed by atoms with Crippen molar-refractivity contribution < 1.29 is 9.90 Å². The monoisotopic (exact) mass is 253 g/mol. The van der Waals surface area contributed by atoms with Crippen molar-refractivity contribution in [2.45, 2.75) is 58.0 Å². The zero-order valence-corrected chi connectivity index (χ0v) is 12.0. The highest BCUT2D eigenvalue weighted by molar-refractivity contribution is 5.79. The molecule has 3 heteroatoms. The third-order valence-corrected chi connectivity index (χ3v) is 4.60. The molecule has 2 fully saturated rings. The largest absolute Gasteiger partial charge is 0.389 e. The molecule has 104 valence electrons. The maximum Gasteiger partial charge on any atom is 0.226 e. The van der Waals surface area contributed by atoms with Crippen LogP contribution in [-0.2, 0) is 4.79 Å². The number of carbonyl (C=O) groups is 1. The van der Waals surface area contributed by atoms with Gasteiger partial charge in [0.25, 0.3) is 0 Å². The molecule has 0 spiro atoms. The van der Waals surface area contributed by atoms with Gasteiger partial charge in [-0.3, -0.25) is 4.79 Å². The van der Waals surface area contributed by atoms with Crippen molar-refractivity contribution in [3.63, 3.8) is 0 Å². The van der Waals surface area contributed by atoms with Crippen LogP contribution in [0.2, 0.25) is 0 Å². The predicted octanol–water partition coefficient (Wildman–Crippen LogP) is 2.43. The molecule has 1 amide bonds. The molecule has 2 aliphatic carbocycles. The molecule has 2 aliphatic rings. The Morgan fingerprint density at radius 2 is 1.67 bits per heavy atom. The van der Waals surface area contributed by atoms with E-state index in [1.54, 1.807) is 18.7 Å². The van der Waals surface area contributed by atoms with Gasteiger partial charge in [-0.2, -0.15) is 0 Å². The second-order valence-electron chi connectivity index (χ2n) is 6.91. The van der Waals surface area contributed by atoms with Crippen molar-refractivity contribution in [1.29, 1.82) is 0 Å². The fourth-order valence-corrected chi connectivity index (χ4v) is 3.30. The first-order chi connectivity index (χ1) is 8.38. The lowest BCUT2D eigenvalue weighted by molar-refractivity contribution is -0.144. The van der Waals surface area contributed by atoms with Gasteiger partial charge in [0, 0.05) is 19.5 Å². The molecule has 2 rings (SSSR count). The van der Waals surface area contributed by atoms with Gasteiger partial charge in [0.15, 0.2) is 0 Å². The molecular formula is C15H27NO2. The Kier molecular flexibility index (Phi) is 4.00. The maximum absolute atomic E-state index is 12.6. The van der Waals surface area contributed by atoms with Crippen LogP contribution in [0.15, 0.2) is 0 Å². The van der Waals surface area contributed by atoms with Crippen LogP contribution in [0.1, 0.15) is 52.4 Å². The fraction of sp³-hybridized carbons (Fsp3) is 0.933. The minimum Gasteiger partial charge on any atom is -0.389 e. The van der Waals surface area contributed by atoms with Gasteiger partial charge >= 0.3 is 0 Å². The van der Waals surface area contributed by atoms with Crippen LogP contribution in [0.25, 0.3) is 0 Å². The van der Waals surface area contributed by atoms with Gasteiger partial charge in [-0.05, 0) is 51.4 Å². The van der Waals surface area contributed by atoms with E-state index < -0.39 is 5.60 Å². The minimum absolute atomic E-state index is 0.236. The SMILES string of the molecule is CN(CC(C)(C)O)C(=O)C(C1CCC1)C1CCC1. The summed E-state index contributed by atoms with van der Waals surface area (Å²) in [5.74, 6) is 1.74. The Labute approximate surface area is 111 Å². The van der Waals surface area contributed by atoms with Crippen molar-refractivity contribution in [2.24, 2.45) is 17.8 Å². The normalized spacial score (nSPS) is 21.6. The summed E-state index contributed by atoms with van der Waals surface area (Å²) in [5.41, 5.74) is -0.797. The van der Waals surface area contributed by atoms with E-state index in [1.807, 2.05) is 7.05 Å². The van der Waals surface area contributed by atoms with Crippen molar-refractivity contribution in [3.05, 3.63) is 0 Å². The van der Waals surface area contributed by atoms with Crippen molar-refractivity contribution >= 4 is 5.91 Å². The molecule has 2 saturated carbocycles. The van der Waals surface area contributed by atoms with Gasteiger partial charge in [0.2, 0.25) is 5.91 Å². The number of hydrogen-bond acceptors (Lipinski definition) is 2. The molecule has 0 heterocycles. The molecule has 0 aliphatic heterocycles. The van der Waals surface area contributed by atoms with Gasteiger partial charge < -0.3 is 10.0 Å². The van der Waals surface area contributed by atoms with Crippen molar-refractivity contribution in [2.75, 3.05) is 13.6 Å². The molecule has 0 saturated heterocycles. The smallest absolute Gasteiger partial charge is 0.226 e. The zero-order chi connectivity index (χ0) is 13.3. The van der Waals surface area contributed by atoms with Gasteiger partial charge in [-0.1, -0.05) is 12.8 Å². The van der Waals surface area contributed by atoms with E-state index in [2.05, 4.69) is 0 Å². The third kappa shape index (κ3) is 3.05. The predicted molar refractivity (Wildman–Crippen MR) is 72.1 cm³/mol. The number of carbonyl (C=O) groups excluding carboxylic acids is 1. The summed E-state index contributed by atoms with van der Waals surface area (Å²) in [4.78, 5) is 14.4. The molecule has 0 atom stereocenters. The molecule has 0 bridgehead atoms. The number of nitrogens with zero attached hydrogens (tertiary/aromatic N) is 1. The van der Waals surface area contributed by atoms with Crippen molar-refractivity contribution in [3.8, 4) is 0 Å². The lowest BCUT2D eigenvalue weighted by Crippen LogP contribution is -2.48. The van der Waals surface area contributed by atoms with E-state index in [9.17, 15) is 9.90 Å². The first-order valence-electron chi connectivity index (χ1n) is 7.36. The van der Waals surface area contributed by atoms with Gasteiger partial charge in [0.05, 0.1) is 5.60 Å². The van der Waals surface area contributed by atoms with E-state index in [4.69, 9.17) is 0 Å². The Morgan fingerprint density at radius 3 is 1.94 bits per heavy atom. The summed E-state index contributed by atoms with van der Waals surface area (Å²) in [6.45, 7) is 3.96. The molecule has 1 N–H and O–H groups in total. The van der Waals surface area contributed by atoms with Gasteiger partial charge in [-0.25, -0.2) is 0 Å². The standard InChI is InChI=1S/C15H27NO2/c1-15(2,18)10-16(3)14(17)13(11-6-4-7-11)12-8-5-9-12/h11-13,18H,4-10H2,1-3H3. The molecule has 0 aromatic carbocycles. The van der Waals surface area contributed by atoms with Crippen LogP contribution >= 0.6 is 0 Å². The van der Waals surface area contributed by atoms with Crippen LogP contribution in [0.5, 0.6) is 0 Å². The van der Waals surface area contributed by atoms with E-state index in [0.29, 0.717) is 18.4 Å². The second-order valence-corrected chi connectivity index (χ2v) is 6.91. The van der Waals surface area contributed by atoms with Crippen LogP contribution in [0.3, 0.4) is 0 Å². The number of rotatable bonds is 5. The highest BCUT2D eigenvalue weighted by atomic mass is 16.3. The lowest BCUT2D eigenvalue weighted by atomic mass is 9.64. The van der Waals surface area contributed by atoms with E-state index in [0.717, 1.165) is 0 Å². The average molecular weight is 253 g/mol. The van der Waals surface area contributed by atoms with Crippen LogP contribution in [-0.4, -0.2) is 35.1 Å². The van der Waals surface area contributed by atoms with E-state index >= 15 is 0 Å². The molecule has 3 nitrogen and oxygen atoms in total. The topological polar surface area (TPSA) is 40.5 Å². The highest BCUT2D eigenvalue weighted by Gasteiger charge is 2.42. The highest BCUT2D eigenvalue weighted by Crippen LogP contribution is 2.45. The fourth-order valence-electron chi connectivity index (χ4n) is 3.30. The van der Waals surface area contributed by atoms with E-state index in [1.165, 1.54) is 38.5 Å². The van der Waals surface area contributed by atoms with Gasteiger partial charge in [0.1, 0.15) is 0 Å². The molecule has 0 unspecified atom stereocenters. The second kappa shape index (κ2) is 5.20. The minimum atomic E-state index is -0.797. The molecule has 0 aromatic rings. The number of likely N-dealkylation sites (N-methyl/N-ethyl adjacent to an activating group) is 1. The zero-order valence-electron chi connectivity index (χ0n) is 12.0. The van der Waals surface area contributed by atoms with Crippen LogP contribution < -0.4 is 0 Å². The van der Waals surface area contributed by atoms with E-state index in [-0.39, 0.29) is 11.8 Å². The molecule has 0 aromatic heterocycles. The summed E-state index contributed by atoms with van der Waals surface area (Å²) < 4.78 is 0. The number of aliphatic hydroxyl groups is 1. The number of hydrogen-bond donors (Lipinski definition) is 1. The van der Waals surface area contributed by atoms with Crippen molar-refractivity contribution in [1.82, 2.24) is 4.90 Å².